The third kappa shape index (κ3) is 3.81. The van der Waals surface area contributed by atoms with Crippen LogP contribution in [0.4, 0.5) is 10.6 Å². The molecule has 1 aliphatic heterocycles. The number of aromatic nitrogens is 2. The minimum absolute atomic E-state index is 0.212. The van der Waals surface area contributed by atoms with E-state index < -0.39 is 0 Å². The van der Waals surface area contributed by atoms with Crippen LogP contribution in [0.2, 0.25) is 0 Å². The Labute approximate surface area is 113 Å². The van der Waals surface area contributed by atoms with E-state index in [9.17, 15) is 4.79 Å². The van der Waals surface area contributed by atoms with Crippen molar-refractivity contribution in [1.82, 2.24) is 15.1 Å². The molecule has 1 N–H and O–H groups in total. The van der Waals surface area contributed by atoms with Crippen molar-refractivity contribution in [2.24, 2.45) is 0 Å². The van der Waals surface area contributed by atoms with Gasteiger partial charge in [-0.1, -0.05) is 0 Å². The summed E-state index contributed by atoms with van der Waals surface area (Å²) in [6.07, 6.45) is 1.58. The molecule has 2 heterocycles. The lowest BCUT2D eigenvalue weighted by Gasteiger charge is -2.31. The van der Waals surface area contributed by atoms with Gasteiger partial charge < -0.3 is 15.0 Å². The number of amides is 1. The molecular weight excluding hydrogens is 244 g/mol. The highest BCUT2D eigenvalue weighted by atomic mass is 16.6. The summed E-state index contributed by atoms with van der Waals surface area (Å²) in [6.45, 7) is 5.60. The van der Waals surface area contributed by atoms with Gasteiger partial charge in [-0.2, -0.15) is 5.10 Å². The maximum Gasteiger partial charge on any atom is 0.409 e. The van der Waals surface area contributed by atoms with E-state index in [4.69, 9.17) is 4.74 Å². The monoisotopic (exact) mass is 264 g/mol. The molecule has 104 valence electrons. The van der Waals surface area contributed by atoms with Gasteiger partial charge in [0.25, 0.3) is 0 Å². The number of hydrogen-bond donors (Lipinski definition) is 1. The van der Waals surface area contributed by atoms with E-state index in [1.165, 1.54) is 0 Å². The van der Waals surface area contributed by atoms with Crippen LogP contribution in [0.3, 0.4) is 0 Å². The summed E-state index contributed by atoms with van der Waals surface area (Å²) in [5.74, 6) is 0.792. The van der Waals surface area contributed by atoms with E-state index in [0.717, 1.165) is 37.4 Å². The fourth-order valence-electron chi connectivity index (χ4n) is 2.11. The van der Waals surface area contributed by atoms with Gasteiger partial charge in [0, 0.05) is 19.1 Å². The molecule has 1 aromatic heterocycles. The lowest BCUT2D eigenvalue weighted by atomic mass is 10.1. The van der Waals surface area contributed by atoms with Gasteiger partial charge >= 0.3 is 6.09 Å². The predicted molar refractivity (Wildman–Crippen MR) is 72.0 cm³/mol. The molecule has 0 spiro atoms. The van der Waals surface area contributed by atoms with Crippen molar-refractivity contribution in [2.75, 3.05) is 25.0 Å². The summed E-state index contributed by atoms with van der Waals surface area (Å²) in [7, 11) is 0. The molecule has 0 saturated carbocycles. The average Bonchev–Trinajstić information content (AvgIpc) is 2.42. The number of likely N-dealkylation sites (tertiary alicyclic amines) is 1. The molecule has 6 heteroatoms. The van der Waals surface area contributed by atoms with Crippen molar-refractivity contribution in [2.45, 2.75) is 32.7 Å². The average molecular weight is 264 g/mol. The first-order chi connectivity index (χ1) is 9.19. The number of nitrogens with zero attached hydrogens (tertiary/aromatic N) is 3. The molecule has 1 fully saturated rings. The standard InChI is InChI=1S/C13H20N4O2/c1-3-19-13(18)17-8-6-11(7-9-17)14-12-5-4-10(2)15-16-12/h4-5,11H,3,6-9H2,1-2H3,(H,14,16). The summed E-state index contributed by atoms with van der Waals surface area (Å²) < 4.78 is 4.99. The zero-order valence-electron chi connectivity index (χ0n) is 11.4. The molecular formula is C13H20N4O2. The minimum Gasteiger partial charge on any atom is -0.450 e. The van der Waals surface area contributed by atoms with Crippen molar-refractivity contribution in [3.8, 4) is 0 Å². The van der Waals surface area contributed by atoms with E-state index in [0.29, 0.717) is 12.6 Å². The Hall–Kier alpha value is -1.85. The highest BCUT2D eigenvalue weighted by Crippen LogP contribution is 2.15. The third-order valence-electron chi connectivity index (χ3n) is 3.17. The number of ether oxygens (including phenoxy) is 1. The molecule has 6 nitrogen and oxygen atoms in total. The molecule has 0 aliphatic carbocycles. The van der Waals surface area contributed by atoms with Gasteiger partial charge in [-0.15, -0.1) is 5.10 Å². The molecule has 0 atom stereocenters. The summed E-state index contributed by atoms with van der Waals surface area (Å²) in [6, 6.07) is 4.20. The highest BCUT2D eigenvalue weighted by molar-refractivity contribution is 5.67. The Morgan fingerprint density at radius 3 is 2.74 bits per heavy atom. The Bertz CT molecular complexity index is 413. The number of carbonyl (C=O) groups is 1. The molecule has 0 bridgehead atoms. The Morgan fingerprint density at radius 2 is 2.16 bits per heavy atom. The highest BCUT2D eigenvalue weighted by Gasteiger charge is 2.23. The van der Waals surface area contributed by atoms with Gasteiger partial charge in [0.15, 0.2) is 0 Å². The van der Waals surface area contributed by atoms with Crippen molar-refractivity contribution in [3.05, 3.63) is 17.8 Å². The molecule has 1 amide bonds. The van der Waals surface area contributed by atoms with E-state index in [-0.39, 0.29) is 6.09 Å². The zero-order chi connectivity index (χ0) is 13.7. The van der Waals surface area contributed by atoms with Crippen LogP contribution in [0.5, 0.6) is 0 Å². The third-order valence-corrected chi connectivity index (χ3v) is 3.17. The number of carbonyl (C=O) groups excluding carboxylic acids is 1. The second-order valence-corrected chi connectivity index (χ2v) is 4.66. The number of anilines is 1. The van der Waals surface area contributed by atoms with Crippen LogP contribution in [-0.2, 0) is 4.74 Å². The van der Waals surface area contributed by atoms with Gasteiger partial charge in [0.1, 0.15) is 5.82 Å². The molecule has 19 heavy (non-hydrogen) atoms. The fourth-order valence-corrected chi connectivity index (χ4v) is 2.11. The second kappa shape index (κ2) is 6.36. The maximum absolute atomic E-state index is 11.6. The van der Waals surface area contributed by atoms with Gasteiger partial charge in [-0.05, 0) is 38.8 Å². The Morgan fingerprint density at radius 1 is 1.42 bits per heavy atom. The number of nitrogens with one attached hydrogen (secondary N) is 1. The van der Waals surface area contributed by atoms with E-state index in [1.807, 2.05) is 26.0 Å². The first-order valence-electron chi connectivity index (χ1n) is 6.67. The van der Waals surface area contributed by atoms with Gasteiger partial charge in [-0.3, -0.25) is 0 Å². The van der Waals surface area contributed by atoms with Crippen LogP contribution in [-0.4, -0.2) is 46.9 Å². The molecule has 0 aromatic carbocycles. The molecule has 2 rings (SSSR count). The molecule has 0 unspecified atom stereocenters. The lowest BCUT2D eigenvalue weighted by molar-refractivity contribution is 0.0983. The largest absolute Gasteiger partial charge is 0.450 e. The van der Waals surface area contributed by atoms with Gasteiger partial charge in [0.2, 0.25) is 0 Å². The predicted octanol–water partition coefficient (Wildman–Crippen LogP) is 1.82. The summed E-state index contributed by atoms with van der Waals surface area (Å²) in [5, 5.41) is 11.5. The van der Waals surface area contributed by atoms with Crippen LogP contribution in [0.1, 0.15) is 25.5 Å². The van der Waals surface area contributed by atoms with E-state index in [2.05, 4.69) is 15.5 Å². The SMILES string of the molecule is CCOC(=O)N1CCC(Nc2ccc(C)nn2)CC1. The van der Waals surface area contributed by atoms with Gasteiger partial charge in [0.05, 0.1) is 12.3 Å². The van der Waals surface area contributed by atoms with Crippen LogP contribution >= 0.6 is 0 Å². The van der Waals surface area contributed by atoms with Crippen molar-refractivity contribution in [1.29, 1.82) is 0 Å². The maximum atomic E-state index is 11.6. The summed E-state index contributed by atoms with van der Waals surface area (Å²) in [5.41, 5.74) is 0.905. The first-order valence-corrected chi connectivity index (χ1v) is 6.67. The Balaban J connectivity index is 1.80. The quantitative estimate of drug-likeness (QED) is 0.902. The fraction of sp³-hybridized carbons (Fsp3) is 0.615. The van der Waals surface area contributed by atoms with Crippen molar-refractivity contribution < 1.29 is 9.53 Å². The van der Waals surface area contributed by atoms with E-state index in [1.54, 1.807) is 4.90 Å². The summed E-state index contributed by atoms with van der Waals surface area (Å²) >= 11 is 0. The van der Waals surface area contributed by atoms with Crippen molar-refractivity contribution >= 4 is 11.9 Å². The smallest absolute Gasteiger partial charge is 0.409 e. The number of piperidine rings is 1. The van der Waals surface area contributed by atoms with Gasteiger partial charge in [-0.25, -0.2) is 4.79 Å². The number of aryl methyl sites for hydroxylation is 1. The number of hydrogen-bond acceptors (Lipinski definition) is 5. The first kappa shape index (κ1) is 13.6. The molecule has 1 aliphatic rings. The van der Waals surface area contributed by atoms with Crippen LogP contribution in [0, 0.1) is 6.92 Å². The second-order valence-electron chi connectivity index (χ2n) is 4.66. The number of rotatable bonds is 3. The minimum atomic E-state index is -0.212. The Kier molecular flexibility index (Phi) is 4.54. The van der Waals surface area contributed by atoms with E-state index >= 15 is 0 Å². The van der Waals surface area contributed by atoms with Crippen LogP contribution < -0.4 is 5.32 Å². The molecule has 1 saturated heterocycles. The normalized spacial score (nSPS) is 16.2. The lowest BCUT2D eigenvalue weighted by Crippen LogP contribution is -2.42. The van der Waals surface area contributed by atoms with Crippen molar-refractivity contribution in [3.63, 3.8) is 0 Å². The van der Waals surface area contributed by atoms with Crippen LogP contribution in [0.15, 0.2) is 12.1 Å². The van der Waals surface area contributed by atoms with Crippen LogP contribution in [0.25, 0.3) is 0 Å². The topological polar surface area (TPSA) is 67.3 Å². The molecule has 1 aromatic rings. The molecule has 0 radical (unpaired) electrons. The summed E-state index contributed by atoms with van der Waals surface area (Å²) in [4.78, 5) is 13.3. The zero-order valence-corrected chi connectivity index (χ0v) is 11.4.